The minimum Gasteiger partial charge on any atom is -0.375 e. The SMILES string of the molecule is CC(COCc1ccccc1)NC(=O)CC1CC2CCC(C1)N2.Cl. The highest BCUT2D eigenvalue weighted by Gasteiger charge is 2.34. The number of carbonyl (C=O) groups is 1. The van der Waals surface area contributed by atoms with E-state index >= 15 is 0 Å². The van der Waals surface area contributed by atoms with E-state index < -0.39 is 0 Å². The van der Waals surface area contributed by atoms with Crippen molar-refractivity contribution in [2.45, 2.75) is 63.8 Å². The largest absolute Gasteiger partial charge is 0.375 e. The molecule has 2 saturated heterocycles. The molecular weight excluding hydrogens is 324 g/mol. The molecule has 1 aromatic rings. The zero-order chi connectivity index (χ0) is 16.1. The fourth-order valence-electron chi connectivity index (χ4n) is 3.91. The number of hydrogen-bond acceptors (Lipinski definition) is 3. The van der Waals surface area contributed by atoms with E-state index in [1.165, 1.54) is 12.8 Å². The fourth-order valence-corrected chi connectivity index (χ4v) is 3.91. The van der Waals surface area contributed by atoms with Crippen molar-refractivity contribution in [2.24, 2.45) is 5.92 Å². The maximum absolute atomic E-state index is 12.2. The van der Waals surface area contributed by atoms with Gasteiger partial charge in [-0.15, -0.1) is 12.4 Å². The Hall–Kier alpha value is -1.10. The van der Waals surface area contributed by atoms with E-state index in [1.54, 1.807) is 0 Å². The maximum Gasteiger partial charge on any atom is 0.220 e. The molecule has 24 heavy (non-hydrogen) atoms. The first kappa shape index (κ1) is 19.2. The van der Waals surface area contributed by atoms with Crippen LogP contribution in [0.4, 0.5) is 0 Å². The van der Waals surface area contributed by atoms with E-state index in [1.807, 2.05) is 25.1 Å². The van der Waals surface area contributed by atoms with Crippen LogP contribution in [0.5, 0.6) is 0 Å². The van der Waals surface area contributed by atoms with Gasteiger partial charge in [-0.05, 0) is 44.1 Å². The highest BCUT2D eigenvalue weighted by molar-refractivity contribution is 5.85. The summed E-state index contributed by atoms with van der Waals surface area (Å²) in [5, 5.41) is 6.71. The van der Waals surface area contributed by atoms with Gasteiger partial charge in [-0.1, -0.05) is 30.3 Å². The van der Waals surface area contributed by atoms with Gasteiger partial charge in [0.15, 0.2) is 0 Å². The smallest absolute Gasteiger partial charge is 0.220 e. The molecule has 0 aromatic heterocycles. The van der Waals surface area contributed by atoms with Gasteiger partial charge in [0.05, 0.1) is 13.2 Å². The maximum atomic E-state index is 12.2. The number of nitrogens with one attached hydrogen (secondary N) is 2. The summed E-state index contributed by atoms with van der Waals surface area (Å²) in [6.07, 6.45) is 5.54. The summed E-state index contributed by atoms with van der Waals surface area (Å²) in [6.45, 7) is 3.16. The minimum absolute atomic E-state index is 0. The van der Waals surface area contributed by atoms with Gasteiger partial charge in [-0.2, -0.15) is 0 Å². The van der Waals surface area contributed by atoms with Crippen molar-refractivity contribution in [3.63, 3.8) is 0 Å². The molecule has 2 heterocycles. The van der Waals surface area contributed by atoms with Crippen LogP contribution in [0, 0.1) is 5.92 Å². The minimum atomic E-state index is 0. The molecule has 1 aromatic carbocycles. The molecule has 0 aliphatic carbocycles. The number of fused-ring (bicyclic) bond motifs is 2. The van der Waals surface area contributed by atoms with Crippen molar-refractivity contribution in [3.8, 4) is 0 Å². The van der Waals surface area contributed by atoms with E-state index in [9.17, 15) is 4.79 Å². The van der Waals surface area contributed by atoms with Gasteiger partial charge in [0.25, 0.3) is 0 Å². The lowest BCUT2D eigenvalue weighted by molar-refractivity contribution is -0.123. The molecule has 2 N–H and O–H groups in total. The van der Waals surface area contributed by atoms with E-state index in [4.69, 9.17) is 4.74 Å². The van der Waals surface area contributed by atoms with Crippen molar-refractivity contribution >= 4 is 18.3 Å². The Kier molecular flexibility index (Phi) is 7.53. The summed E-state index contributed by atoms with van der Waals surface area (Å²) >= 11 is 0. The number of amides is 1. The van der Waals surface area contributed by atoms with Gasteiger partial charge >= 0.3 is 0 Å². The van der Waals surface area contributed by atoms with E-state index in [0.717, 1.165) is 18.4 Å². The standard InChI is InChI=1S/C19H28N2O2.ClH/c1-14(12-23-13-15-5-3-2-4-6-15)20-19(22)11-16-9-17-7-8-18(10-16)21-17;/h2-6,14,16-18,21H,7-13H2,1H3,(H,20,22);1H. The average Bonchev–Trinajstić information content (AvgIpc) is 2.87. The van der Waals surface area contributed by atoms with Crippen LogP contribution in [0.25, 0.3) is 0 Å². The molecule has 1 amide bonds. The van der Waals surface area contributed by atoms with Crippen LogP contribution in [0.1, 0.15) is 44.6 Å². The lowest BCUT2D eigenvalue weighted by Gasteiger charge is -2.29. The van der Waals surface area contributed by atoms with Crippen molar-refractivity contribution in [2.75, 3.05) is 6.61 Å². The van der Waals surface area contributed by atoms with Gasteiger partial charge < -0.3 is 15.4 Å². The molecule has 2 bridgehead atoms. The van der Waals surface area contributed by atoms with Gasteiger partial charge in [-0.25, -0.2) is 0 Å². The molecule has 2 aliphatic heterocycles. The number of piperidine rings is 1. The summed E-state index contributed by atoms with van der Waals surface area (Å²) in [6, 6.07) is 11.5. The second-order valence-electron chi connectivity index (χ2n) is 7.15. The number of rotatable bonds is 7. The predicted octanol–water partition coefficient (Wildman–Crippen LogP) is 3.05. The van der Waals surface area contributed by atoms with Crippen LogP contribution >= 0.6 is 12.4 Å². The fraction of sp³-hybridized carbons (Fsp3) is 0.632. The summed E-state index contributed by atoms with van der Waals surface area (Å²) < 4.78 is 5.69. The Bertz CT molecular complexity index is 499. The highest BCUT2D eigenvalue weighted by atomic mass is 35.5. The van der Waals surface area contributed by atoms with Crippen LogP contribution in [0.3, 0.4) is 0 Å². The van der Waals surface area contributed by atoms with Crippen LogP contribution < -0.4 is 10.6 Å². The molecular formula is C19H29ClN2O2. The Morgan fingerprint density at radius 3 is 2.58 bits per heavy atom. The summed E-state index contributed by atoms with van der Waals surface area (Å²) in [4.78, 5) is 12.2. The van der Waals surface area contributed by atoms with Gasteiger partial charge in [0, 0.05) is 24.5 Å². The third-order valence-corrected chi connectivity index (χ3v) is 4.93. The van der Waals surface area contributed by atoms with Crippen LogP contribution in [0.15, 0.2) is 30.3 Å². The third kappa shape index (κ3) is 5.76. The molecule has 2 fully saturated rings. The second kappa shape index (κ2) is 9.40. The molecule has 0 spiro atoms. The van der Waals surface area contributed by atoms with Crippen molar-refractivity contribution in [1.29, 1.82) is 0 Å². The lowest BCUT2D eigenvalue weighted by atomic mass is 9.89. The van der Waals surface area contributed by atoms with E-state index in [2.05, 4.69) is 22.8 Å². The molecule has 0 radical (unpaired) electrons. The number of carbonyl (C=O) groups excluding carboxylic acids is 1. The Morgan fingerprint density at radius 1 is 1.25 bits per heavy atom. The third-order valence-electron chi connectivity index (χ3n) is 4.93. The Labute approximate surface area is 151 Å². The van der Waals surface area contributed by atoms with Crippen molar-refractivity contribution in [1.82, 2.24) is 10.6 Å². The van der Waals surface area contributed by atoms with Crippen LogP contribution in [0.2, 0.25) is 0 Å². The van der Waals surface area contributed by atoms with Crippen molar-refractivity contribution in [3.05, 3.63) is 35.9 Å². The lowest BCUT2D eigenvalue weighted by Crippen LogP contribution is -2.41. The molecule has 2 aliphatic rings. The first-order chi connectivity index (χ1) is 11.2. The van der Waals surface area contributed by atoms with Crippen LogP contribution in [-0.4, -0.2) is 30.6 Å². The zero-order valence-corrected chi connectivity index (χ0v) is 15.2. The first-order valence-corrected chi connectivity index (χ1v) is 8.86. The predicted molar refractivity (Wildman–Crippen MR) is 98.2 cm³/mol. The van der Waals surface area contributed by atoms with E-state index in [0.29, 0.717) is 37.6 Å². The molecule has 134 valence electrons. The normalized spacial score (nSPS) is 26.5. The summed E-state index contributed by atoms with van der Waals surface area (Å²) in [7, 11) is 0. The molecule has 0 saturated carbocycles. The Morgan fingerprint density at radius 2 is 1.92 bits per heavy atom. The quantitative estimate of drug-likeness (QED) is 0.793. The summed E-state index contributed by atoms with van der Waals surface area (Å²) in [5.74, 6) is 0.721. The van der Waals surface area contributed by atoms with Crippen LogP contribution in [-0.2, 0) is 16.1 Å². The average molecular weight is 353 g/mol. The molecule has 3 atom stereocenters. The topological polar surface area (TPSA) is 50.4 Å². The molecule has 5 heteroatoms. The number of ether oxygens (including phenoxy) is 1. The Balaban J connectivity index is 0.00000208. The molecule has 4 nitrogen and oxygen atoms in total. The number of benzene rings is 1. The first-order valence-electron chi connectivity index (χ1n) is 8.86. The summed E-state index contributed by atoms with van der Waals surface area (Å²) in [5.41, 5.74) is 1.16. The van der Waals surface area contributed by atoms with Gasteiger partial charge in [-0.3, -0.25) is 4.79 Å². The molecule has 3 unspecified atom stereocenters. The number of halogens is 1. The van der Waals surface area contributed by atoms with Gasteiger partial charge in [0.1, 0.15) is 0 Å². The molecule has 3 rings (SSSR count). The highest BCUT2D eigenvalue weighted by Crippen LogP contribution is 2.32. The van der Waals surface area contributed by atoms with Gasteiger partial charge in [0.2, 0.25) is 5.91 Å². The number of hydrogen-bond donors (Lipinski definition) is 2. The zero-order valence-electron chi connectivity index (χ0n) is 14.4. The monoisotopic (exact) mass is 352 g/mol. The second-order valence-corrected chi connectivity index (χ2v) is 7.15. The van der Waals surface area contributed by atoms with E-state index in [-0.39, 0.29) is 24.4 Å². The van der Waals surface area contributed by atoms with Crippen molar-refractivity contribution < 1.29 is 9.53 Å².